The van der Waals surface area contributed by atoms with Crippen LogP contribution in [0.2, 0.25) is 0 Å². The van der Waals surface area contributed by atoms with E-state index < -0.39 is 23.2 Å². The highest BCUT2D eigenvalue weighted by Gasteiger charge is 2.36. The van der Waals surface area contributed by atoms with Gasteiger partial charge in [-0.25, -0.2) is 0 Å². The summed E-state index contributed by atoms with van der Waals surface area (Å²) >= 11 is 0. The summed E-state index contributed by atoms with van der Waals surface area (Å²) in [6, 6.07) is 4.84. The predicted octanol–water partition coefficient (Wildman–Crippen LogP) is 4.17. The summed E-state index contributed by atoms with van der Waals surface area (Å²) in [6.07, 6.45) is -4.35. The van der Waals surface area contributed by atoms with Crippen molar-refractivity contribution in [1.29, 1.82) is 0 Å². The highest BCUT2D eigenvalue weighted by molar-refractivity contribution is 5.85. The zero-order valence-electron chi connectivity index (χ0n) is 10.0. The summed E-state index contributed by atoms with van der Waals surface area (Å²) in [5.74, 6) is 0. The van der Waals surface area contributed by atoms with Crippen LogP contribution >= 0.6 is 12.4 Å². The fourth-order valence-electron chi connectivity index (χ4n) is 1.49. The van der Waals surface area contributed by atoms with Crippen LogP contribution in [0.5, 0.6) is 0 Å². The van der Waals surface area contributed by atoms with E-state index in [1.54, 1.807) is 6.07 Å². The Morgan fingerprint density at radius 1 is 1.06 bits per heavy atom. The Labute approximate surface area is 106 Å². The summed E-state index contributed by atoms with van der Waals surface area (Å²) in [5, 5.41) is 0. The van der Waals surface area contributed by atoms with Crippen LogP contribution in [-0.2, 0) is 6.18 Å². The second-order valence-electron chi connectivity index (χ2n) is 4.93. The number of rotatable bonds is 1. The van der Waals surface area contributed by atoms with Crippen molar-refractivity contribution in [3.05, 3.63) is 35.4 Å². The molecule has 0 aromatic heterocycles. The summed E-state index contributed by atoms with van der Waals surface area (Å²) < 4.78 is 38.2. The van der Waals surface area contributed by atoms with Gasteiger partial charge in [-0.05, 0) is 17.0 Å². The quantitative estimate of drug-likeness (QED) is 0.812. The molecule has 1 rings (SSSR count). The summed E-state index contributed by atoms with van der Waals surface area (Å²) in [5.41, 5.74) is 4.98. The van der Waals surface area contributed by atoms with Crippen LogP contribution in [0.25, 0.3) is 0 Å². The number of benzene rings is 1. The van der Waals surface area contributed by atoms with E-state index in [2.05, 4.69) is 0 Å². The molecule has 2 N–H and O–H groups in total. The molecule has 0 aliphatic rings. The first-order chi connectivity index (χ1) is 7.14. The van der Waals surface area contributed by atoms with Crippen LogP contribution < -0.4 is 5.73 Å². The molecule has 0 radical (unpaired) electrons. The van der Waals surface area contributed by atoms with E-state index in [1.165, 1.54) is 12.1 Å². The van der Waals surface area contributed by atoms with Gasteiger partial charge in [0.25, 0.3) is 0 Å². The third kappa shape index (κ3) is 3.89. The van der Waals surface area contributed by atoms with Gasteiger partial charge in [-0.3, -0.25) is 0 Å². The molecular formula is C12H17ClF3N. The van der Waals surface area contributed by atoms with Gasteiger partial charge in [-0.15, -0.1) is 12.4 Å². The molecular weight excluding hydrogens is 251 g/mol. The zero-order chi connectivity index (χ0) is 12.6. The third-order valence-corrected chi connectivity index (χ3v) is 2.53. The molecule has 0 bridgehead atoms. The fraction of sp³-hybridized carbons (Fsp3) is 0.500. The monoisotopic (exact) mass is 267 g/mol. The summed E-state index contributed by atoms with van der Waals surface area (Å²) in [7, 11) is 0. The SMILES string of the molecule is CC(C)(C)[C@H](N)c1ccccc1C(F)(F)F.Cl. The van der Waals surface area contributed by atoms with Crippen LogP contribution in [0.1, 0.15) is 37.9 Å². The molecule has 0 heterocycles. The zero-order valence-corrected chi connectivity index (χ0v) is 10.8. The van der Waals surface area contributed by atoms with Crippen molar-refractivity contribution in [1.82, 2.24) is 0 Å². The number of nitrogens with two attached hydrogens (primary N) is 1. The molecule has 0 unspecified atom stereocenters. The van der Waals surface area contributed by atoms with E-state index in [0.29, 0.717) is 0 Å². The lowest BCUT2D eigenvalue weighted by Crippen LogP contribution is -2.28. The Bertz CT molecular complexity index is 369. The highest BCUT2D eigenvalue weighted by atomic mass is 35.5. The van der Waals surface area contributed by atoms with Gasteiger partial charge in [0.15, 0.2) is 0 Å². The first-order valence-electron chi connectivity index (χ1n) is 5.05. The van der Waals surface area contributed by atoms with Crippen molar-refractivity contribution in [3.8, 4) is 0 Å². The van der Waals surface area contributed by atoms with Crippen molar-refractivity contribution in [2.24, 2.45) is 11.1 Å². The Hall–Kier alpha value is -0.740. The molecule has 0 amide bonds. The highest BCUT2D eigenvalue weighted by Crippen LogP contribution is 2.38. The molecule has 1 atom stereocenters. The smallest absolute Gasteiger partial charge is 0.324 e. The van der Waals surface area contributed by atoms with Crippen molar-refractivity contribution in [3.63, 3.8) is 0 Å². The van der Waals surface area contributed by atoms with Crippen LogP contribution in [0.15, 0.2) is 24.3 Å². The molecule has 0 aliphatic carbocycles. The third-order valence-electron chi connectivity index (χ3n) is 2.53. The molecule has 0 saturated carbocycles. The van der Waals surface area contributed by atoms with E-state index >= 15 is 0 Å². The topological polar surface area (TPSA) is 26.0 Å². The van der Waals surface area contributed by atoms with Gasteiger partial charge >= 0.3 is 6.18 Å². The maximum absolute atomic E-state index is 12.7. The van der Waals surface area contributed by atoms with Gasteiger partial charge in [-0.2, -0.15) is 13.2 Å². The van der Waals surface area contributed by atoms with E-state index in [9.17, 15) is 13.2 Å². The molecule has 1 aromatic carbocycles. The first kappa shape index (κ1) is 16.3. The number of alkyl halides is 3. The molecule has 5 heteroatoms. The molecule has 17 heavy (non-hydrogen) atoms. The maximum Gasteiger partial charge on any atom is 0.416 e. The predicted molar refractivity (Wildman–Crippen MR) is 65.1 cm³/mol. The minimum absolute atomic E-state index is 0. The normalized spacial score (nSPS) is 14.1. The molecule has 0 fully saturated rings. The lowest BCUT2D eigenvalue weighted by molar-refractivity contribution is -0.138. The van der Waals surface area contributed by atoms with E-state index in [1.807, 2.05) is 20.8 Å². The van der Waals surface area contributed by atoms with Gasteiger partial charge in [0.1, 0.15) is 0 Å². The van der Waals surface area contributed by atoms with Crippen LogP contribution in [0.4, 0.5) is 13.2 Å². The molecule has 0 saturated heterocycles. The average Bonchev–Trinajstić information content (AvgIpc) is 2.14. The first-order valence-corrected chi connectivity index (χ1v) is 5.05. The summed E-state index contributed by atoms with van der Waals surface area (Å²) in [6.45, 7) is 5.47. The van der Waals surface area contributed by atoms with E-state index in [0.717, 1.165) is 6.07 Å². The Morgan fingerprint density at radius 3 is 1.94 bits per heavy atom. The maximum atomic E-state index is 12.7. The van der Waals surface area contributed by atoms with Crippen molar-refractivity contribution >= 4 is 12.4 Å². The second-order valence-corrected chi connectivity index (χ2v) is 4.93. The summed E-state index contributed by atoms with van der Waals surface area (Å²) in [4.78, 5) is 0. The van der Waals surface area contributed by atoms with E-state index in [-0.39, 0.29) is 18.0 Å². The molecule has 1 aromatic rings. The van der Waals surface area contributed by atoms with Crippen molar-refractivity contribution in [2.45, 2.75) is 33.0 Å². The van der Waals surface area contributed by atoms with Crippen LogP contribution in [0.3, 0.4) is 0 Å². The standard InChI is InChI=1S/C12H16F3N.ClH/c1-11(2,3)10(16)8-6-4-5-7-9(8)12(13,14)15;/h4-7,10H,16H2,1-3H3;1H/t10-;/m1./s1. The molecule has 0 spiro atoms. The molecule has 98 valence electrons. The van der Waals surface area contributed by atoms with Gasteiger partial charge in [0, 0.05) is 6.04 Å². The Kier molecular flexibility index (Phi) is 5.04. The number of hydrogen-bond donors (Lipinski definition) is 1. The van der Waals surface area contributed by atoms with Crippen LogP contribution in [-0.4, -0.2) is 0 Å². The van der Waals surface area contributed by atoms with Crippen molar-refractivity contribution in [2.75, 3.05) is 0 Å². The van der Waals surface area contributed by atoms with Gasteiger partial charge < -0.3 is 5.73 Å². The van der Waals surface area contributed by atoms with E-state index in [4.69, 9.17) is 5.73 Å². The lowest BCUT2D eigenvalue weighted by Gasteiger charge is -2.29. The van der Waals surface area contributed by atoms with Gasteiger partial charge in [0.2, 0.25) is 0 Å². The van der Waals surface area contributed by atoms with Gasteiger partial charge in [0.05, 0.1) is 5.56 Å². The number of hydrogen-bond acceptors (Lipinski definition) is 1. The Balaban J connectivity index is 0.00000256. The van der Waals surface area contributed by atoms with Gasteiger partial charge in [-0.1, -0.05) is 39.0 Å². The molecule has 1 nitrogen and oxygen atoms in total. The fourth-order valence-corrected chi connectivity index (χ4v) is 1.49. The second kappa shape index (κ2) is 5.27. The minimum atomic E-state index is -4.35. The largest absolute Gasteiger partial charge is 0.416 e. The number of halogens is 4. The van der Waals surface area contributed by atoms with Crippen LogP contribution in [0, 0.1) is 5.41 Å². The molecule has 0 aliphatic heterocycles. The van der Waals surface area contributed by atoms with Crippen molar-refractivity contribution < 1.29 is 13.2 Å². The minimum Gasteiger partial charge on any atom is -0.324 e. The Morgan fingerprint density at radius 2 is 1.53 bits per heavy atom. The lowest BCUT2D eigenvalue weighted by atomic mass is 9.81. The average molecular weight is 268 g/mol.